The number of fused-ring (bicyclic) bond motifs is 1. The minimum absolute atomic E-state index is 0.0727. The van der Waals surface area contributed by atoms with Gasteiger partial charge >= 0.3 is 0 Å². The van der Waals surface area contributed by atoms with Gasteiger partial charge in [-0.15, -0.1) is 0 Å². The van der Waals surface area contributed by atoms with Crippen molar-refractivity contribution < 1.29 is 4.79 Å². The minimum atomic E-state index is -0.0727. The van der Waals surface area contributed by atoms with Crippen molar-refractivity contribution in [3.63, 3.8) is 0 Å². The second-order valence-corrected chi connectivity index (χ2v) is 7.57. The number of aromatic nitrogens is 2. The monoisotopic (exact) mass is 376 g/mol. The Morgan fingerprint density at radius 2 is 2.04 bits per heavy atom. The van der Waals surface area contributed by atoms with Crippen LogP contribution < -0.4 is 5.32 Å². The van der Waals surface area contributed by atoms with Crippen LogP contribution >= 0.6 is 15.9 Å². The number of nitrogens with one attached hydrogen (secondary N) is 2. The second-order valence-electron chi connectivity index (χ2n) is 6.65. The lowest BCUT2D eigenvalue weighted by Crippen LogP contribution is -2.54. The summed E-state index contributed by atoms with van der Waals surface area (Å²) in [6.45, 7) is 2.45. The van der Waals surface area contributed by atoms with Crippen molar-refractivity contribution in [2.45, 2.75) is 44.2 Å². The molecule has 2 fully saturated rings. The summed E-state index contributed by atoms with van der Waals surface area (Å²) in [5.41, 5.74) is 1.38. The lowest BCUT2D eigenvalue weighted by molar-refractivity contribution is 0.0675. The first kappa shape index (κ1) is 15.1. The molecule has 1 amide bonds. The molecule has 0 bridgehead atoms. The minimum Gasteiger partial charge on any atom is -0.348 e. The summed E-state index contributed by atoms with van der Waals surface area (Å²) in [5.74, 6) is -0.0727. The first-order chi connectivity index (χ1) is 11.2. The molecule has 2 aromatic rings. The van der Waals surface area contributed by atoms with Crippen molar-refractivity contribution in [3.05, 3.63) is 28.4 Å². The van der Waals surface area contributed by atoms with Crippen LogP contribution in [0.2, 0.25) is 0 Å². The zero-order valence-corrected chi connectivity index (χ0v) is 14.6. The maximum absolute atomic E-state index is 12.5. The molecule has 0 unspecified atom stereocenters. The molecule has 2 aliphatic rings. The number of benzene rings is 1. The lowest BCUT2D eigenvalue weighted by Gasteiger charge is -2.44. The number of carbonyl (C=O) groups is 1. The third kappa shape index (κ3) is 3.02. The van der Waals surface area contributed by atoms with E-state index in [1.165, 1.54) is 32.4 Å². The van der Waals surface area contributed by atoms with Gasteiger partial charge in [-0.2, -0.15) is 5.10 Å². The van der Waals surface area contributed by atoms with E-state index in [0.29, 0.717) is 11.7 Å². The quantitative estimate of drug-likeness (QED) is 0.864. The molecule has 6 heteroatoms. The van der Waals surface area contributed by atoms with E-state index in [4.69, 9.17) is 0 Å². The van der Waals surface area contributed by atoms with E-state index >= 15 is 0 Å². The van der Waals surface area contributed by atoms with Crippen molar-refractivity contribution in [2.75, 3.05) is 13.1 Å². The van der Waals surface area contributed by atoms with Gasteiger partial charge in [0.15, 0.2) is 5.69 Å². The zero-order chi connectivity index (χ0) is 15.8. The highest BCUT2D eigenvalue weighted by atomic mass is 79.9. The number of nitrogens with zero attached hydrogens (tertiary/aromatic N) is 2. The smallest absolute Gasteiger partial charge is 0.272 e. The normalized spacial score (nSPS) is 25.3. The van der Waals surface area contributed by atoms with Gasteiger partial charge < -0.3 is 10.2 Å². The molecule has 0 spiro atoms. The van der Waals surface area contributed by atoms with Crippen molar-refractivity contribution in [3.8, 4) is 0 Å². The Balaban J connectivity index is 1.38. The van der Waals surface area contributed by atoms with Crippen LogP contribution in [0.4, 0.5) is 0 Å². The highest BCUT2D eigenvalue weighted by Gasteiger charge is 2.35. The van der Waals surface area contributed by atoms with Crippen LogP contribution in [0.25, 0.3) is 10.9 Å². The molecule has 1 aromatic heterocycles. The number of halogens is 1. The largest absolute Gasteiger partial charge is 0.348 e. The van der Waals surface area contributed by atoms with E-state index in [-0.39, 0.29) is 11.9 Å². The van der Waals surface area contributed by atoms with Gasteiger partial charge in [0.2, 0.25) is 0 Å². The van der Waals surface area contributed by atoms with Crippen LogP contribution in [0, 0.1) is 0 Å². The number of carbonyl (C=O) groups excluding carboxylic acids is 1. The molecule has 0 atom stereocenters. The van der Waals surface area contributed by atoms with Crippen LogP contribution in [0.5, 0.6) is 0 Å². The first-order valence-electron chi connectivity index (χ1n) is 8.39. The molecular formula is C17H21BrN4O. The fraction of sp³-hybridized carbons (Fsp3) is 0.529. The van der Waals surface area contributed by atoms with Gasteiger partial charge in [0.25, 0.3) is 5.91 Å². The summed E-state index contributed by atoms with van der Waals surface area (Å²) in [4.78, 5) is 15.1. The predicted octanol–water partition coefficient (Wildman–Crippen LogP) is 3.07. The highest BCUT2D eigenvalue weighted by molar-refractivity contribution is 9.10. The number of aromatic amines is 1. The summed E-state index contributed by atoms with van der Waals surface area (Å²) in [5, 5.41) is 11.1. The third-order valence-electron chi connectivity index (χ3n) is 5.10. The standard InChI is InChI=1S/C17H21BrN4O/c18-11-4-5-15-14(8-11)16(21-20-15)17(23)19-12-9-13(10-12)22-6-2-1-3-7-22/h4-5,8,12-13H,1-3,6-7,9-10H2,(H,19,23)(H,20,21). The number of hydrogen-bond donors (Lipinski definition) is 2. The topological polar surface area (TPSA) is 61.0 Å². The van der Waals surface area contributed by atoms with Crippen LogP contribution in [-0.2, 0) is 0 Å². The maximum atomic E-state index is 12.5. The molecule has 1 aromatic carbocycles. The van der Waals surface area contributed by atoms with Gasteiger partial charge in [-0.1, -0.05) is 22.4 Å². The molecule has 1 aliphatic heterocycles. The fourth-order valence-corrected chi connectivity index (χ4v) is 4.06. The average Bonchev–Trinajstić information content (AvgIpc) is 2.94. The van der Waals surface area contributed by atoms with E-state index < -0.39 is 0 Å². The van der Waals surface area contributed by atoms with Crippen molar-refractivity contribution >= 4 is 32.7 Å². The van der Waals surface area contributed by atoms with Crippen LogP contribution in [0.1, 0.15) is 42.6 Å². The SMILES string of the molecule is O=C(NC1CC(N2CCCCC2)C1)c1n[nH]c2ccc(Br)cc12. The third-order valence-corrected chi connectivity index (χ3v) is 5.59. The van der Waals surface area contributed by atoms with Crippen LogP contribution in [0.3, 0.4) is 0 Å². The van der Waals surface area contributed by atoms with Crippen LogP contribution in [-0.4, -0.2) is 46.2 Å². The van der Waals surface area contributed by atoms with Crippen molar-refractivity contribution in [1.82, 2.24) is 20.4 Å². The number of hydrogen-bond acceptors (Lipinski definition) is 3. The van der Waals surface area contributed by atoms with E-state index in [1.54, 1.807) is 0 Å². The molecule has 5 nitrogen and oxygen atoms in total. The Morgan fingerprint density at radius 1 is 1.26 bits per heavy atom. The summed E-state index contributed by atoms with van der Waals surface area (Å²) < 4.78 is 0.953. The molecule has 2 heterocycles. The Hall–Kier alpha value is -1.40. The van der Waals surface area contributed by atoms with Gasteiger partial charge in [-0.05, 0) is 57.0 Å². The second kappa shape index (κ2) is 6.24. The summed E-state index contributed by atoms with van der Waals surface area (Å²) in [7, 11) is 0. The number of rotatable bonds is 3. The molecule has 4 rings (SSSR count). The lowest BCUT2D eigenvalue weighted by atomic mass is 9.84. The summed E-state index contributed by atoms with van der Waals surface area (Å²) in [6.07, 6.45) is 6.14. The molecule has 1 saturated heterocycles. The van der Waals surface area contributed by atoms with Gasteiger partial charge in [0, 0.05) is 21.9 Å². The fourth-order valence-electron chi connectivity index (χ4n) is 3.70. The Labute approximate surface area is 143 Å². The number of likely N-dealkylation sites (tertiary alicyclic amines) is 1. The highest BCUT2D eigenvalue weighted by Crippen LogP contribution is 2.29. The Kier molecular flexibility index (Phi) is 4.11. The zero-order valence-electron chi connectivity index (χ0n) is 13.0. The average molecular weight is 377 g/mol. The number of piperidine rings is 1. The maximum Gasteiger partial charge on any atom is 0.272 e. The first-order valence-corrected chi connectivity index (χ1v) is 9.18. The molecule has 0 radical (unpaired) electrons. The van der Waals surface area contributed by atoms with E-state index in [2.05, 4.69) is 36.3 Å². The van der Waals surface area contributed by atoms with Gasteiger partial charge in [0.1, 0.15) is 0 Å². The van der Waals surface area contributed by atoms with Crippen molar-refractivity contribution in [1.29, 1.82) is 0 Å². The summed E-state index contributed by atoms with van der Waals surface area (Å²) in [6, 6.07) is 6.75. The van der Waals surface area contributed by atoms with Gasteiger partial charge in [0.05, 0.1) is 5.52 Å². The van der Waals surface area contributed by atoms with Crippen molar-refractivity contribution in [2.24, 2.45) is 0 Å². The van der Waals surface area contributed by atoms with E-state index in [0.717, 1.165) is 28.2 Å². The molecule has 122 valence electrons. The molecule has 23 heavy (non-hydrogen) atoms. The van der Waals surface area contributed by atoms with E-state index in [1.807, 2.05) is 18.2 Å². The number of amides is 1. The number of H-pyrrole nitrogens is 1. The molecule has 2 N–H and O–H groups in total. The van der Waals surface area contributed by atoms with Gasteiger partial charge in [-0.3, -0.25) is 9.89 Å². The Bertz CT molecular complexity index is 716. The molecule has 1 saturated carbocycles. The predicted molar refractivity (Wildman–Crippen MR) is 93.5 cm³/mol. The van der Waals surface area contributed by atoms with E-state index in [9.17, 15) is 4.79 Å². The summed E-state index contributed by atoms with van der Waals surface area (Å²) >= 11 is 3.45. The Morgan fingerprint density at radius 3 is 2.83 bits per heavy atom. The van der Waals surface area contributed by atoms with Gasteiger partial charge in [-0.25, -0.2) is 0 Å². The van der Waals surface area contributed by atoms with Crippen LogP contribution in [0.15, 0.2) is 22.7 Å². The molecular weight excluding hydrogens is 356 g/mol. The molecule has 1 aliphatic carbocycles.